The maximum Gasteiger partial charge on any atom is 0.294 e. The summed E-state index contributed by atoms with van der Waals surface area (Å²) in [5.74, 6) is -0.244. The van der Waals surface area contributed by atoms with Crippen LogP contribution < -0.4 is 20.1 Å². The lowest BCUT2D eigenvalue weighted by molar-refractivity contribution is -0.127. The van der Waals surface area contributed by atoms with E-state index in [0.717, 1.165) is 32.3 Å². The van der Waals surface area contributed by atoms with Crippen molar-refractivity contribution in [3.63, 3.8) is 0 Å². The monoisotopic (exact) mass is 623 g/mol. The summed E-state index contributed by atoms with van der Waals surface area (Å²) in [7, 11) is 1.54. The lowest BCUT2D eigenvalue weighted by Gasteiger charge is -2.12. The second kappa shape index (κ2) is 12.8. The molecule has 3 aromatic rings. The number of thioether (sulfide) groups is 1. The van der Waals surface area contributed by atoms with Crippen LogP contribution in [0.15, 0.2) is 70.0 Å². The van der Waals surface area contributed by atoms with Crippen LogP contribution in [0.25, 0.3) is 6.08 Å². The van der Waals surface area contributed by atoms with Crippen LogP contribution in [0.3, 0.4) is 0 Å². The normalized spacial score (nSPS) is 13.9. The molecule has 0 radical (unpaired) electrons. The molecular weight excluding hydrogens is 598 g/mol. The third-order valence-electron chi connectivity index (χ3n) is 5.95. The Bertz CT molecular complexity index is 1490. The van der Waals surface area contributed by atoms with E-state index in [1.165, 1.54) is 7.11 Å². The van der Waals surface area contributed by atoms with Gasteiger partial charge in [0.1, 0.15) is 18.0 Å². The molecule has 0 bridgehead atoms. The predicted octanol–water partition coefficient (Wildman–Crippen LogP) is 5.77. The summed E-state index contributed by atoms with van der Waals surface area (Å²) in [6.45, 7) is 3.38. The number of rotatable bonds is 9. The van der Waals surface area contributed by atoms with Gasteiger partial charge in [-0.15, -0.1) is 0 Å². The molecule has 0 aromatic heterocycles. The zero-order chi connectivity index (χ0) is 28.8. The Labute approximate surface area is 244 Å². The fraction of sp³-hybridized carbons (Fsp3) is 0.172. The minimum Gasteiger partial charge on any atom is -0.497 e. The molecule has 1 aliphatic rings. The van der Waals surface area contributed by atoms with Crippen LogP contribution >= 0.6 is 27.7 Å². The van der Waals surface area contributed by atoms with Crippen LogP contribution in [-0.4, -0.2) is 48.1 Å². The molecule has 1 aliphatic heterocycles. The summed E-state index contributed by atoms with van der Waals surface area (Å²) < 4.78 is 11.5. The number of halogens is 1. The van der Waals surface area contributed by atoms with Crippen molar-refractivity contribution in [1.29, 1.82) is 0 Å². The number of hydrogen-bond acceptors (Lipinski definition) is 7. The zero-order valence-electron chi connectivity index (χ0n) is 21.9. The number of carbonyl (C=O) groups excluding carboxylic acids is 4. The van der Waals surface area contributed by atoms with E-state index in [-0.39, 0.29) is 17.4 Å². The first kappa shape index (κ1) is 28.9. The van der Waals surface area contributed by atoms with E-state index in [9.17, 15) is 19.2 Å². The molecule has 0 saturated carbocycles. The molecule has 40 heavy (non-hydrogen) atoms. The molecule has 0 atom stereocenters. The van der Waals surface area contributed by atoms with E-state index in [0.29, 0.717) is 28.4 Å². The highest BCUT2D eigenvalue weighted by Crippen LogP contribution is 2.32. The Morgan fingerprint density at radius 2 is 1.57 bits per heavy atom. The van der Waals surface area contributed by atoms with E-state index < -0.39 is 23.6 Å². The number of nitrogens with zero attached hydrogens (tertiary/aromatic N) is 1. The number of amides is 4. The van der Waals surface area contributed by atoms with Crippen molar-refractivity contribution in [2.24, 2.45) is 0 Å². The molecule has 0 spiro atoms. The number of aryl methyl sites for hydroxylation is 2. The standard InChI is InChI=1S/C29H26BrN3O6S/c1-17-12-23(30)24(13-18(17)2)32-27(35)16-39-22-8-4-19(5-9-22)14-25-28(36)33(29(37)40-25)15-26(34)31-20-6-10-21(38-3)11-7-20/h4-14H,15-16H2,1-3H3,(H,31,34)(H,32,35)/b25-14+. The molecule has 9 nitrogen and oxygen atoms in total. The van der Waals surface area contributed by atoms with Gasteiger partial charge >= 0.3 is 0 Å². The van der Waals surface area contributed by atoms with Crippen LogP contribution in [0.2, 0.25) is 0 Å². The molecular formula is C29H26BrN3O6S. The highest BCUT2D eigenvalue weighted by molar-refractivity contribution is 9.10. The Balaban J connectivity index is 1.30. The molecule has 4 rings (SSSR count). The van der Waals surface area contributed by atoms with Crippen LogP contribution in [0, 0.1) is 13.8 Å². The molecule has 0 aliphatic carbocycles. The molecule has 3 aromatic carbocycles. The first-order valence-electron chi connectivity index (χ1n) is 12.1. The topological polar surface area (TPSA) is 114 Å². The van der Waals surface area contributed by atoms with E-state index in [2.05, 4.69) is 26.6 Å². The number of benzene rings is 3. The van der Waals surface area contributed by atoms with Gasteiger partial charge in [0.2, 0.25) is 5.91 Å². The van der Waals surface area contributed by atoms with E-state index >= 15 is 0 Å². The summed E-state index contributed by atoms with van der Waals surface area (Å²) in [5.41, 5.74) is 4.01. The van der Waals surface area contributed by atoms with Gasteiger partial charge < -0.3 is 20.1 Å². The van der Waals surface area contributed by atoms with E-state index in [4.69, 9.17) is 9.47 Å². The SMILES string of the molecule is COc1ccc(NC(=O)CN2C(=O)S/C(=C/c3ccc(OCC(=O)Nc4cc(C)c(C)cc4Br)cc3)C2=O)cc1. The second-order valence-electron chi connectivity index (χ2n) is 8.87. The van der Waals surface area contributed by atoms with Gasteiger partial charge in [-0.3, -0.25) is 24.1 Å². The van der Waals surface area contributed by atoms with Gasteiger partial charge in [0.25, 0.3) is 17.1 Å². The maximum absolute atomic E-state index is 12.8. The van der Waals surface area contributed by atoms with Gasteiger partial charge in [-0.1, -0.05) is 12.1 Å². The molecule has 206 valence electrons. The predicted molar refractivity (Wildman–Crippen MR) is 158 cm³/mol. The Morgan fingerprint density at radius 1 is 0.925 bits per heavy atom. The highest BCUT2D eigenvalue weighted by atomic mass is 79.9. The van der Waals surface area contributed by atoms with Crippen molar-refractivity contribution in [2.75, 3.05) is 30.9 Å². The third kappa shape index (κ3) is 7.30. The Hall–Kier alpha value is -4.09. The van der Waals surface area contributed by atoms with Crippen molar-refractivity contribution in [2.45, 2.75) is 13.8 Å². The van der Waals surface area contributed by atoms with Gasteiger partial charge in [-0.25, -0.2) is 0 Å². The number of nitrogens with one attached hydrogen (secondary N) is 2. The van der Waals surface area contributed by atoms with Crippen LogP contribution in [0.5, 0.6) is 11.5 Å². The number of ether oxygens (including phenoxy) is 2. The molecule has 11 heteroatoms. The minimum atomic E-state index is -0.547. The van der Waals surface area contributed by atoms with Gasteiger partial charge in [-0.2, -0.15) is 0 Å². The quantitative estimate of drug-likeness (QED) is 0.291. The van der Waals surface area contributed by atoms with Crippen molar-refractivity contribution in [3.8, 4) is 11.5 Å². The van der Waals surface area contributed by atoms with Crippen molar-refractivity contribution in [1.82, 2.24) is 4.90 Å². The fourth-order valence-corrected chi connectivity index (χ4v) is 5.07. The number of methoxy groups -OCH3 is 1. The summed E-state index contributed by atoms with van der Waals surface area (Å²) in [6, 6.07) is 17.3. The summed E-state index contributed by atoms with van der Waals surface area (Å²) in [4.78, 5) is 51.1. The molecule has 1 saturated heterocycles. The van der Waals surface area contributed by atoms with Crippen molar-refractivity contribution < 1.29 is 28.7 Å². The maximum atomic E-state index is 12.8. The molecule has 4 amide bonds. The van der Waals surface area contributed by atoms with E-state index in [1.807, 2.05) is 26.0 Å². The minimum absolute atomic E-state index is 0.184. The zero-order valence-corrected chi connectivity index (χ0v) is 24.4. The van der Waals surface area contributed by atoms with E-state index in [1.54, 1.807) is 54.6 Å². The lowest BCUT2D eigenvalue weighted by atomic mass is 10.1. The summed E-state index contributed by atoms with van der Waals surface area (Å²) in [5, 5.41) is 4.96. The fourth-order valence-electron chi connectivity index (χ4n) is 3.68. The van der Waals surface area contributed by atoms with Gasteiger partial charge in [0, 0.05) is 10.2 Å². The summed E-state index contributed by atoms with van der Waals surface area (Å²) >= 11 is 4.22. The number of imide groups is 1. The smallest absolute Gasteiger partial charge is 0.294 e. The summed E-state index contributed by atoms with van der Waals surface area (Å²) in [6.07, 6.45) is 1.57. The van der Waals surface area contributed by atoms with Crippen LogP contribution in [0.4, 0.5) is 16.2 Å². The first-order chi connectivity index (χ1) is 19.1. The second-order valence-corrected chi connectivity index (χ2v) is 10.7. The molecule has 1 heterocycles. The van der Waals surface area contributed by atoms with Crippen molar-refractivity contribution in [3.05, 3.63) is 86.7 Å². The van der Waals surface area contributed by atoms with Gasteiger partial charge in [0.15, 0.2) is 6.61 Å². The van der Waals surface area contributed by atoms with Crippen LogP contribution in [-0.2, 0) is 14.4 Å². The number of hydrogen-bond donors (Lipinski definition) is 2. The van der Waals surface area contributed by atoms with Crippen LogP contribution in [0.1, 0.15) is 16.7 Å². The Kier molecular flexibility index (Phi) is 9.28. The van der Waals surface area contributed by atoms with Gasteiger partial charge in [0.05, 0.1) is 17.7 Å². The first-order valence-corrected chi connectivity index (χ1v) is 13.7. The molecule has 1 fully saturated rings. The average Bonchev–Trinajstić information content (AvgIpc) is 3.19. The molecule has 2 N–H and O–H groups in total. The number of anilines is 2. The lowest BCUT2D eigenvalue weighted by Crippen LogP contribution is -2.36. The Morgan fingerprint density at radius 3 is 2.25 bits per heavy atom. The third-order valence-corrected chi connectivity index (χ3v) is 7.52. The number of carbonyl (C=O) groups is 4. The van der Waals surface area contributed by atoms with Crippen molar-refractivity contribution >= 4 is 68.1 Å². The molecule has 0 unspecified atom stereocenters. The average molecular weight is 625 g/mol. The largest absolute Gasteiger partial charge is 0.497 e. The highest BCUT2D eigenvalue weighted by Gasteiger charge is 2.36. The van der Waals surface area contributed by atoms with Gasteiger partial charge in [-0.05, 0) is 113 Å².